The zero-order valence-electron chi connectivity index (χ0n) is 12.3. The van der Waals surface area contributed by atoms with E-state index in [0.29, 0.717) is 34.8 Å². The van der Waals surface area contributed by atoms with Crippen LogP contribution >= 0.6 is 23.4 Å². The van der Waals surface area contributed by atoms with Gasteiger partial charge in [0.2, 0.25) is 0 Å². The number of rotatable bonds is 2. The monoisotopic (exact) mass is 351 g/mol. The van der Waals surface area contributed by atoms with E-state index in [1.165, 1.54) is 0 Å². The molecule has 0 saturated carbocycles. The Kier molecular flexibility index (Phi) is 4.32. The third-order valence-electron chi connectivity index (χ3n) is 3.80. The standard InChI is InChI=1S/C15H14ClN3O3S/c1-23-8-2-3-9(11(16)6-8)14(21)19-5-4-10-12(7-19)17-15(22)18-13(10)20/h2-3,6H,4-5,7H2,1H3,(H2,17,18,20,22). The van der Waals surface area contributed by atoms with Crippen molar-refractivity contribution in [1.29, 1.82) is 0 Å². The molecule has 1 aromatic carbocycles. The number of H-pyrrole nitrogens is 2. The lowest BCUT2D eigenvalue weighted by atomic mass is 10.1. The van der Waals surface area contributed by atoms with Crippen LogP contribution in [0.15, 0.2) is 32.7 Å². The lowest BCUT2D eigenvalue weighted by Gasteiger charge is -2.28. The van der Waals surface area contributed by atoms with Crippen molar-refractivity contribution in [2.75, 3.05) is 12.8 Å². The van der Waals surface area contributed by atoms with Gasteiger partial charge in [-0.15, -0.1) is 11.8 Å². The minimum Gasteiger partial charge on any atom is -0.332 e. The van der Waals surface area contributed by atoms with Gasteiger partial charge in [-0.1, -0.05) is 11.6 Å². The molecule has 1 aromatic heterocycles. The number of aromatic nitrogens is 2. The maximum atomic E-state index is 12.7. The molecule has 0 saturated heterocycles. The molecule has 0 aliphatic carbocycles. The summed E-state index contributed by atoms with van der Waals surface area (Å²) >= 11 is 7.74. The second-order valence-electron chi connectivity index (χ2n) is 5.19. The number of nitrogens with zero attached hydrogens (tertiary/aromatic N) is 1. The van der Waals surface area contributed by atoms with Gasteiger partial charge in [0, 0.05) is 22.7 Å². The topological polar surface area (TPSA) is 86.0 Å². The summed E-state index contributed by atoms with van der Waals surface area (Å²) in [6, 6.07) is 5.30. The molecule has 0 bridgehead atoms. The van der Waals surface area contributed by atoms with Gasteiger partial charge < -0.3 is 9.88 Å². The average Bonchev–Trinajstić information content (AvgIpc) is 2.53. The number of thioether (sulfide) groups is 1. The first-order valence-corrected chi connectivity index (χ1v) is 8.57. The van der Waals surface area contributed by atoms with Gasteiger partial charge in [0.15, 0.2) is 0 Å². The number of hydrogen-bond donors (Lipinski definition) is 2. The molecule has 120 valence electrons. The Balaban J connectivity index is 1.90. The summed E-state index contributed by atoms with van der Waals surface area (Å²) in [4.78, 5) is 43.2. The highest BCUT2D eigenvalue weighted by atomic mass is 35.5. The van der Waals surface area contributed by atoms with Crippen LogP contribution in [0.25, 0.3) is 0 Å². The van der Waals surface area contributed by atoms with Crippen LogP contribution in [-0.2, 0) is 13.0 Å². The summed E-state index contributed by atoms with van der Waals surface area (Å²) < 4.78 is 0. The molecule has 0 fully saturated rings. The highest BCUT2D eigenvalue weighted by Gasteiger charge is 2.25. The Morgan fingerprint density at radius 2 is 2.09 bits per heavy atom. The summed E-state index contributed by atoms with van der Waals surface area (Å²) in [7, 11) is 0. The Labute approximate surface area is 140 Å². The molecule has 2 heterocycles. The highest BCUT2D eigenvalue weighted by Crippen LogP contribution is 2.25. The number of carbonyl (C=O) groups is 1. The minimum atomic E-state index is -0.564. The first kappa shape index (κ1) is 15.9. The molecular weight excluding hydrogens is 338 g/mol. The minimum absolute atomic E-state index is 0.188. The van der Waals surface area contributed by atoms with Gasteiger partial charge in [-0.3, -0.25) is 14.6 Å². The van der Waals surface area contributed by atoms with Gasteiger partial charge in [0.05, 0.1) is 17.1 Å². The zero-order chi connectivity index (χ0) is 16.6. The molecule has 0 spiro atoms. The van der Waals surface area contributed by atoms with E-state index >= 15 is 0 Å². The van der Waals surface area contributed by atoms with Crippen molar-refractivity contribution >= 4 is 29.3 Å². The van der Waals surface area contributed by atoms with Crippen molar-refractivity contribution in [2.24, 2.45) is 0 Å². The van der Waals surface area contributed by atoms with Crippen molar-refractivity contribution in [1.82, 2.24) is 14.9 Å². The van der Waals surface area contributed by atoms with Crippen LogP contribution in [0.1, 0.15) is 21.6 Å². The normalized spacial score (nSPS) is 13.7. The van der Waals surface area contributed by atoms with E-state index in [9.17, 15) is 14.4 Å². The van der Waals surface area contributed by atoms with E-state index in [4.69, 9.17) is 11.6 Å². The Morgan fingerprint density at radius 1 is 1.30 bits per heavy atom. The molecule has 1 aliphatic heterocycles. The Bertz CT molecular complexity index is 890. The van der Waals surface area contributed by atoms with Crippen LogP contribution in [0.5, 0.6) is 0 Å². The van der Waals surface area contributed by atoms with Gasteiger partial charge in [0.25, 0.3) is 11.5 Å². The van der Waals surface area contributed by atoms with Crippen molar-refractivity contribution in [3.63, 3.8) is 0 Å². The van der Waals surface area contributed by atoms with Crippen molar-refractivity contribution < 1.29 is 4.79 Å². The van der Waals surface area contributed by atoms with Crippen LogP contribution in [0, 0.1) is 0 Å². The quantitative estimate of drug-likeness (QED) is 0.805. The zero-order valence-corrected chi connectivity index (χ0v) is 13.9. The van der Waals surface area contributed by atoms with Crippen LogP contribution < -0.4 is 11.2 Å². The summed E-state index contributed by atoms with van der Waals surface area (Å²) in [5, 5.41) is 0.395. The van der Waals surface area contributed by atoms with Gasteiger partial charge in [-0.05, 0) is 30.9 Å². The fraction of sp³-hybridized carbons (Fsp3) is 0.267. The van der Waals surface area contributed by atoms with E-state index < -0.39 is 11.2 Å². The first-order chi connectivity index (χ1) is 11.0. The number of carbonyl (C=O) groups excluding carboxylic acids is 1. The average molecular weight is 352 g/mol. The number of benzene rings is 1. The summed E-state index contributed by atoms with van der Waals surface area (Å²) in [5.41, 5.74) is 0.469. The lowest BCUT2D eigenvalue weighted by molar-refractivity contribution is 0.0731. The molecule has 1 amide bonds. The third kappa shape index (κ3) is 3.07. The summed E-state index contributed by atoms with van der Waals surface area (Å²) in [6.45, 7) is 0.593. The molecule has 0 radical (unpaired) electrons. The molecular formula is C15H14ClN3O3S. The molecule has 8 heteroatoms. The van der Waals surface area contributed by atoms with Crippen LogP contribution in [-0.4, -0.2) is 33.6 Å². The maximum Gasteiger partial charge on any atom is 0.325 e. The van der Waals surface area contributed by atoms with Gasteiger partial charge in [-0.25, -0.2) is 4.79 Å². The molecule has 0 unspecified atom stereocenters. The molecule has 23 heavy (non-hydrogen) atoms. The summed E-state index contributed by atoms with van der Waals surface area (Å²) in [6.07, 6.45) is 2.33. The second kappa shape index (κ2) is 6.25. The van der Waals surface area contributed by atoms with Gasteiger partial charge in [-0.2, -0.15) is 0 Å². The summed E-state index contributed by atoms with van der Waals surface area (Å²) in [5.74, 6) is -0.213. The first-order valence-electron chi connectivity index (χ1n) is 6.96. The molecule has 0 atom stereocenters. The largest absolute Gasteiger partial charge is 0.332 e. The SMILES string of the molecule is CSc1ccc(C(=O)N2CCc3c([nH]c(=O)[nH]c3=O)C2)c(Cl)c1. The molecule has 2 aromatic rings. The Morgan fingerprint density at radius 3 is 2.78 bits per heavy atom. The molecule has 1 aliphatic rings. The van der Waals surface area contributed by atoms with Crippen molar-refractivity contribution in [3.8, 4) is 0 Å². The number of hydrogen-bond acceptors (Lipinski definition) is 4. The van der Waals surface area contributed by atoms with Crippen molar-refractivity contribution in [3.05, 3.63) is 60.9 Å². The number of halogens is 1. The predicted molar refractivity (Wildman–Crippen MR) is 89.4 cm³/mol. The predicted octanol–water partition coefficient (Wildman–Crippen LogP) is 1.64. The molecule has 3 rings (SSSR count). The fourth-order valence-electron chi connectivity index (χ4n) is 2.62. The lowest BCUT2D eigenvalue weighted by Crippen LogP contribution is -2.41. The van der Waals surface area contributed by atoms with Crippen LogP contribution in [0.2, 0.25) is 5.02 Å². The smallest absolute Gasteiger partial charge is 0.325 e. The number of fused-ring (bicyclic) bond motifs is 1. The number of aromatic amines is 2. The maximum absolute atomic E-state index is 12.7. The van der Waals surface area contributed by atoms with Gasteiger partial charge in [0.1, 0.15) is 0 Å². The third-order valence-corrected chi connectivity index (χ3v) is 4.84. The fourth-order valence-corrected chi connectivity index (χ4v) is 3.38. The van der Waals surface area contributed by atoms with Crippen LogP contribution in [0.4, 0.5) is 0 Å². The number of amides is 1. The van der Waals surface area contributed by atoms with E-state index in [1.807, 2.05) is 12.3 Å². The van der Waals surface area contributed by atoms with Crippen LogP contribution in [0.3, 0.4) is 0 Å². The van der Waals surface area contributed by atoms with Gasteiger partial charge >= 0.3 is 5.69 Å². The molecule has 6 nitrogen and oxygen atoms in total. The van der Waals surface area contributed by atoms with E-state index in [-0.39, 0.29) is 12.5 Å². The second-order valence-corrected chi connectivity index (χ2v) is 6.47. The van der Waals surface area contributed by atoms with E-state index in [1.54, 1.807) is 28.8 Å². The van der Waals surface area contributed by atoms with Crippen molar-refractivity contribution in [2.45, 2.75) is 17.9 Å². The number of nitrogens with one attached hydrogen (secondary N) is 2. The van der Waals surface area contributed by atoms with E-state index in [2.05, 4.69) is 9.97 Å². The molecule has 2 N–H and O–H groups in total. The van der Waals surface area contributed by atoms with E-state index in [0.717, 1.165) is 4.90 Å². The Hall–Kier alpha value is -1.99. The highest BCUT2D eigenvalue weighted by molar-refractivity contribution is 7.98.